The molecule has 1 aromatic carbocycles. The van der Waals surface area contributed by atoms with Crippen molar-refractivity contribution >= 4 is 11.6 Å². The van der Waals surface area contributed by atoms with Crippen molar-refractivity contribution in [3.05, 3.63) is 52.8 Å². The minimum absolute atomic E-state index is 0.388. The van der Waals surface area contributed by atoms with E-state index in [1.165, 1.54) is 5.56 Å². The van der Waals surface area contributed by atoms with Gasteiger partial charge in [-0.3, -0.25) is 4.98 Å². The van der Waals surface area contributed by atoms with E-state index in [0.717, 1.165) is 30.3 Å². The summed E-state index contributed by atoms with van der Waals surface area (Å²) >= 11 is 6.12. The number of pyridine rings is 1. The van der Waals surface area contributed by atoms with Crippen LogP contribution in [-0.2, 0) is 0 Å². The van der Waals surface area contributed by atoms with Gasteiger partial charge in [0.25, 0.3) is 0 Å². The minimum atomic E-state index is 0.388. The zero-order valence-electron chi connectivity index (χ0n) is 11.2. The molecule has 4 heteroatoms. The third kappa shape index (κ3) is 1.81. The molecule has 1 fully saturated rings. The summed E-state index contributed by atoms with van der Waals surface area (Å²) in [6.07, 6.45) is 1.85. The first-order valence-corrected chi connectivity index (χ1v) is 7.21. The van der Waals surface area contributed by atoms with E-state index < -0.39 is 0 Å². The molecule has 1 saturated heterocycles. The maximum Gasteiger partial charge on any atom is 0.149 e. The Labute approximate surface area is 123 Å². The van der Waals surface area contributed by atoms with Crippen LogP contribution in [0, 0.1) is 0 Å². The maximum absolute atomic E-state index is 6.12. The van der Waals surface area contributed by atoms with Crippen molar-refractivity contribution in [2.75, 3.05) is 20.1 Å². The Hall–Kier alpha value is -1.58. The Bertz CT molecular complexity index is 673. The minimum Gasteiger partial charge on any atom is -0.455 e. The van der Waals surface area contributed by atoms with Crippen LogP contribution in [0.3, 0.4) is 0 Å². The number of nitrogens with zero attached hydrogens (tertiary/aromatic N) is 2. The van der Waals surface area contributed by atoms with Gasteiger partial charge in [0.05, 0.1) is 5.69 Å². The number of fused-ring (bicyclic) bond motifs is 5. The Kier molecular flexibility index (Phi) is 2.72. The molecule has 4 rings (SSSR count). The highest BCUT2D eigenvalue weighted by molar-refractivity contribution is 6.30. The highest BCUT2D eigenvalue weighted by Gasteiger charge is 2.39. The van der Waals surface area contributed by atoms with E-state index in [2.05, 4.69) is 23.0 Å². The lowest BCUT2D eigenvalue weighted by atomic mass is 9.86. The lowest BCUT2D eigenvalue weighted by Gasteiger charge is -2.16. The summed E-state index contributed by atoms with van der Waals surface area (Å²) in [6.45, 7) is 2.04. The molecule has 20 heavy (non-hydrogen) atoms. The number of benzene rings is 1. The molecule has 2 aliphatic rings. The fourth-order valence-corrected chi connectivity index (χ4v) is 3.54. The third-order valence-corrected chi connectivity index (χ3v) is 4.48. The van der Waals surface area contributed by atoms with Crippen LogP contribution in [0.5, 0.6) is 11.5 Å². The number of likely N-dealkylation sites (tertiary alicyclic amines) is 1. The van der Waals surface area contributed by atoms with Crippen molar-refractivity contribution in [3.8, 4) is 11.5 Å². The number of ether oxygens (including phenoxy) is 1. The predicted molar refractivity (Wildman–Crippen MR) is 78.7 cm³/mol. The van der Waals surface area contributed by atoms with Gasteiger partial charge in [0.15, 0.2) is 0 Å². The summed E-state index contributed by atoms with van der Waals surface area (Å²) < 4.78 is 6.09. The monoisotopic (exact) mass is 286 g/mol. The molecule has 0 amide bonds. The molecule has 1 aromatic heterocycles. The molecule has 3 nitrogen and oxygen atoms in total. The van der Waals surface area contributed by atoms with E-state index in [0.29, 0.717) is 16.9 Å². The van der Waals surface area contributed by atoms with Crippen LogP contribution in [0.2, 0.25) is 5.02 Å². The Morgan fingerprint density at radius 1 is 1.20 bits per heavy atom. The van der Waals surface area contributed by atoms with Crippen LogP contribution in [0.25, 0.3) is 0 Å². The second-order valence-electron chi connectivity index (χ2n) is 5.61. The van der Waals surface area contributed by atoms with Crippen molar-refractivity contribution in [2.45, 2.75) is 11.8 Å². The van der Waals surface area contributed by atoms with Crippen molar-refractivity contribution < 1.29 is 4.74 Å². The van der Waals surface area contributed by atoms with Gasteiger partial charge in [-0.1, -0.05) is 17.7 Å². The SMILES string of the molecule is CN1C[C@@H]2c3ccc(Cl)cc3Oc3cccnc3[C@H]2C1. The first-order chi connectivity index (χ1) is 9.72. The van der Waals surface area contributed by atoms with Crippen LogP contribution in [0.4, 0.5) is 0 Å². The van der Waals surface area contributed by atoms with Gasteiger partial charge in [-0.15, -0.1) is 0 Å². The van der Waals surface area contributed by atoms with Gasteiger partial charge in [0.2, 0.25) is 0 Å². The van der Waals surface area contributed by atoms with Crippen molar-refractivity contribution in [1.29, 1.82) is 0 Å². The van der Waals surface area contributed by atoms with E-state index >= 15 is 0 Å². The quantitative estimate of drug-likeness (QED) is 0.739. The molecule has 2 aliphatic heterocycles. The first-order valence-electron chi connectivity index (χ1n) is 6.83. The summed E-state index contributed by atoms with van der Waals surface area (Å²) in [7, 11) is 2.16. The molecule has 0 N–H and O–H groups in total. The number of aromatic nitrogens is 1. The zero-order chi connectivity index (χ0) is 13.7. The highest BCUT2D eigenvalue weighted by Crippen LogP contribution is 2.48. The van der Waals surface area contributed by atoms with Gasteiger partial charge in [-0.05, 0) is 36.9 Å². The lowest BCUT2D eigenvalue weighted by molar-refractivity contribution is 0.400. The summed E-state index contributed by atoms with van der Waals surface area (Å²) in [5.74, 6) is 2.54. The predicted octanol–water partition coefficient (Wildman–Crippen LogP) is 3.65. The molecular formula is C16H15ClN2O. The highest BCUT2D eigenvalue weighted by atomic mass is 35.5. The molecule has 2 aromatic rings. The van der Waals surface area contributed by atoms with E-state index in [9.17, 15) is 0 Å². The van der Waals surface area contributed by atoms with Gasteiger partial charge >= 0.3 is 0 Å². The number of rotatable bonds is 0. The first kappa shape index (κ1) is 12.2. The Balaban J connectivity index is 1.93. The molecule has 102 valence electrons. The summed E-state index contributed by atoms with van der Waals surface area (Å²) in [4.78, 5) is 6.94. The van der Waals surface area contributed by atoms with Gasteiger partial charge < -0.3 is 9.64 Å². The standard InChI is InChI=1S/C16H15ClN2O/c1-19-8-12-11-5-4-10(17)7-15(11)20-14-3-2-6-18-16(14)13(12)9-19/h2-7,12-13H,8-9H2,1H3/t12-,13+/m1/s1. The average molecular weight is 287 g/mol. The third-order valence-electron chi connectivity index (χ3n) is 4.25. The molecule has 0 bridgehead atoms. The molecule has 3 heterocycles. The van der Waals surface area contributed by atoms with Gasteiger partial charge in [-0.2, -0.15) is 0 Å². The van der Waals surface area contributed by atoms with Crippen LogP contribution < -0.4 is 4.74 Å². The molecule has 0 spiro atoms. The maximum atomic E-state index is 6.12. The molecule has 0 unspecified atom stereocenters. The van der Waals surface area contributed by atoms with Crippen molar-refractivity contribution in [2.24, 2.45) is 0 Å². The van der Waals surface area contributed by atoms with Crippen LogP contribution >= 0.6 is 11.6 Å². The second-order valence-corrected chi connectivity index (χ2v) is 6.04. The molecular weight excluding hydrogens is 272 g/mol. The number of likely N-dealkylation sites (N-methyl/N-ethyl adjacent to an activating group) is 1. The fraction of sp³-hybridized carbons (Fsp3) is 0.312. The fourth-order valence-electron chi connectivity index (χ4n) is 3.38. The smallest absolute Gasteiger partial charge is 0.149 e. The van der Waals surface area contributed by atoms with E-state index in [1.54, 1.807) is 0 Å². The van der Waals surface area contributed by atoms with E-state index in [4.69, 9.17) is 16.3 Å². The summed E-state index contributed by atoms with van der Waals surface area (Å²) in [6, 6.07) is 9.87. The summed E-state index contributed by atoms with van der Waals surface area (Å²) in [5, 5.41) is 0.707. The van der Waals surface area contributed by atoms with E-state index in [-0.39, 0.29) is 0 Å². The van der Waals surface area contributed by atoms with Gasteiger partial charge in [-0.25, -0.2) is 0 Å². The molecule has 0 aliphatic carbocycles. The number of halogens is 1. The lowest BCUT2D eigenvalue weighted by Crippen LogP contribution is -2.14. The van der Waals surface area contributed by atoms with E-state index in [1.807, 2.05) is 30.5 Å². The largest absolute Gasteiger partial charge is 0.455 e. The molecule has 2 atom stereocenters. The Morgan fingerprint density at radius 2 is 2.05 bits per heavy atom. The average Bonchev–Trinajstić information content (AvgIpc) is 2.76. The summed E-state index contributed by atoms with van der Waals surface area (Å²) in [5.41, 5.74) is 2.30. The zero-order valence-corrected chi connectivity index (χ0v) is 12.0. The number of hydrogen-bond acceptors (Lipinski definition) is 3. The van der Waals surface area contributed by atoms with Gasteiger partial charge in [0.1, 0.15) is 11.5 Å². The van der Waals surface area contributed by atoms with Crippen molar-refractivity contribution in [3.63, 3.8) is 0 Å². The normalized spacial score (nSPS) is 24.3. The van der Waals surface area contributed by atoms with Crippen molar-refractivity contribution in [1.82, 2.24) is 9.88 Å². The topological polar surface area (TPSA) is 25.4 Å². The van der Waals surface area contributed by atoms with Crippen LogP contribution in [0.15, 0.2) is 36.5 Å². The number of hydrogen-bond donors (Lipinski definition) is 0. The van der Waals surface area contributed by atoms with Crippen LogP contribution in [0.1, 0.15) is 23.1 Å². The molecule has 0 saturated carbocycles. The Morgan fingerprint density at radius 3 is 2.95 bits per heavy atom. The van der Waals surface area contributed by atoms with Crippen LogP contribution in [-0.4, -0.2) is 30.0 Å². The van der Waals surface area contributed by atoms with Gasteiger partial charge in [0, 0.05) is 36.1 Å². The molecule has 0 radical (unpaired) electrons. The second kappa shape index (κ2) is 4.47.